The van der Waals surface area contributed by atoms with Gasteiger partial charge >= 0.3 is 0 Å². The summed E-state index contributed by atoms with van der Waals surface area (Å²) in [5, 5.41) is 5.99. The maximum absolute atomic E-state index is 13.6. The summed E-state index contributed by atoms with van der Waals surface area (Å²) in [5.74, 6) is -0.653. The molecule has 2 N–H and O–H groups in total. The molecule has 1 rings (SSSR count). The van der Waals surface area contributed by atoms with Crippen LogP contribution in [-0.2, 0) is 16.0 Å². The molecule has 0 aliphatic carbocycles. The van der Waals surface area contributed by atoms with Crippen LogP contribution in [0.1, 0.15) is 5.56 Å². The van der Waals surface area contributed by atoms with E-state index in [-0.39, 0.29) is 48.4 Å². The summed E-state index contributed by atoms with van der Waals surface area (Å²) in [4.78, 5) is 17.2. The Kier molecular flexibility index (Phi) is 12.0. The standard InChI is InChI=1S/C16H24F2N4O2.HI/c1-22(2)15(23)11-21-16(20-8-9-24-3)19-7-6-12-10-13(17)4-5-14(12)18;/h4-5,10H,6-9,11H2,1-3H3,(H2,19,20,21);1H. The molecule has 0 saturated carbocycles. The predicted molar refractivity (Wildman–Crippen MR) is 104 cm³/mol. The van der Waals surface area contributed by atoms with Crippen LogP contribution in [0.15, 0.2) is 23.2 Å². The molecular formula is C16H25F2IN4O2. The molecule has 9 heteroatoms. The van der Waals surface area contributed by atoms with Gasteiger partial charge in [-0.25, -0.2) is 13.8 Å². The Balaban J connectivity index is 0.00000576. The number of ether oxygens (including phenoxy) is 1. The van der Waals surface area contributed by atoms with Gasteiger partial charge in [-0.15, -0.1) is 24.0 Å². The van der Waals surface area contributed by atoms with Crippen LogP contribution in [0, 0.1) is 11.6 Å². The number of guanidine groups is 1. The first-order valence-electron chi connectivity index (χ1n) is 7.59. The molecule has 142 valence electrons. The monoisotopic (exact) mass is 470 g/mol. The Labute approximate surface area is 164 Å². The zero-order valence-corrected chi connectivity index (χ0v) is 17.0. The van der Waals surface area contributed by atoms with Gasteiger partial charge in [0.05, 0.1) is 6.61 Å². The molecule has 1 amide bonds. The van der Waals surface area contributed by atoms with Gasteiger partial charge in [-0.2, -0.15) is 0 Å². The number of carbonyl (C=O) groups excluding carboxylic acids is 1. The minimum atomic E-state index is -0.477. The maximum Gasteiger partial charge on any atom is 0.243 e. The maximum atomic E-state index is 13.6. The summed E-state index contributed by atoms with van der Waals surface area (Å²) in [7, 11) is 4.88. The van der Waals surface area contributed by atoms with Crippen LogP contribution in [0.3, 0.4) is 0 Å². The number of carbonyl (C=O) groups is 1. The summed E-state index contributed by atoms with van der Waals surface area (Å²) in [6, 6.07) is 3.35. The van der Waals surface area contributed by atoms with Crippen molar-refractivity contribution in [2.45, 2.75) is 6.42 Å². The van der Waals surface area contributed by atoms with Gasteiger partial charge in [-0.1, -0.05) is 0 Å². The second kappa shape index (κ2) is 12.8. The number of rotatable bonds is 8. The van der Waals surface area contributed by atoms with Gasteiger partial charge in [0, 0.05) is 34.3 Å². The van der Waals surface area contributed by atoms with Gasteiger partial charge in [0.15, 0.2) is 5.96 Å². The van der Waals surface area contributed by atoms with Gasteiger partial charge < -0.3 is 20.3 Å². The number of amides is 1. The molecular weight excluding hydrogens is 445 g/mol. The lowest BCUT2D eigenvalue weighted by Crippen LogP contribution is -2.40. The molecule has 1 aromatic carbocycles. The van der Waals surface area contributed by atoms with Crippen molar-refractivity contribution >= 4 is 35.8 Å². The minimum absolute atomic E-state index is 0. The van der Waals surface area contributed by atoms with Crippen molar-refractivity contribution in [3.8, 4) is 0 Å². The van der Waals surface area contributed by atoms with Gasteiger partial charge in [-0.3, -0.25) is 4.79 Å². The number of nitrogens with zero attached hydrogens (tertiary/aromatic N) is 2. The molecule has 0 radical (unpaired) electrons. The van der Waals surface area contributed by atoms with Crippen molar-refractivity contribution in [1.82, 2.24) is 15.5 Å². The number of methoxy groups -OCH3 is 1. The lowest BCUT2D eigenvalue weighted by molar-refractivity contribution is -0.127. The normalized spacial score (nSPS) is 10.8. The van der Waals surface area contributed by atoms with Crippen molar-refractivity contribution in [1.29, 1.82) is 0 Å². The molecule has 25 heavy (non-hydrogen) atoms. The molecule has 0 aliphatic heterocycles. The molecule has 0 atom stereocenters. The SMILES string of the molecule is COCCNC(=NCC(=O)N(C)C)NCCc1cc(F)ccc1F.I. The third-order valence-corrected chi connectivity index (χ3v) is 3.16. The smallest absolute Gasteiger partial charge is 0.243 e. The Morgan fingerprint density at radius 1 is 1.24 bits per heavy atom. The van der Waals surface area contributed by atoms with E-state index in [4.69, 9.17) is 4.74 Å². The molecule has 0 bridgehead atoms. The lowest BCUT2D eigenvalue weighted by Gasteiger charge is -2.13. The van der Waals surface area contributed by atoms with E-state index in [0.717, 1.165) is 12.1 Å². The molecule has 6 nitrogen and oxygen atoms in total. The molecule has 1 aromatic rings. The third-order valence-electron chi connectivity index (χ3n) is 3.16. The van der Waals surface area contributed by atoms with Gasteiger partial charge in [0.25, 0.3) is 0 Å². The van der Waals surface area contributed by atoms with E-state index in [1.807, 2.05) is 0 Å². The Bertz CT molecular complexity index is 571. The largest absolute Gasteiger partial charge is 0.383 e. The quantitative estimate of drug-likeness (QED) is 0.261. The average molecular weight is 470 g/mol. The first-order chi connectivity index (χ1) is 11.4. The van der Waals surface area contributed by atoms with E-state index in [1.165, 1.54) is 11.0 Å². The number of hydrogen-bond acceptors (Lipinski definition) is 3. The van der Waals surface area contributed by atoms with Crippen LogP contribution in [0.2, 0.25) is 0 Å². The number of hydrogen-bond donors (Lipinski definition) is 2. The van der Waals surface area contributed by atoms with Crippen LogP contribution in [0.4, 0.5) is 8.78 Å². The highest BCUT2D eigenvalue weighted by molar-refractivity contribution is 14.0. The van der Waals surface area contributed by atoms with Crippen molar-refractivity contribution in [3.05, 3.63) is 35.4 Å². The van der Waals surface area contributed by atoms with Crippen LogP contribution in [0.5, 0.6) is 0 Å². The fourth-order valence-corrected chi connectivity index (χ4v) is 1.78. The van der Waals surface area contributed by atoms with Crippen LogP contribution < -0.4 is 10.6 Å². The Morgan fingerprint density at radius 2 is 1.92 bits per heavy atom. The van der Waals surface area contributed by atoms with Crippen molar-refractivity contribution in [3.63, 3.8) is 0 Å². The summed E-state index contributed by atoms with van der Waals surface area (Å²) >= 11 is 0. The zero-order valence-electron chi connectivity index (χ0n) is 14.6. The predicted octanol–water partition coefficient (Wildman–Crippen LogP) is 1.40. The van der Waals surface area contributed by atoms with Crippen molar-refractivity contribution in [2.75, 3.05) is 47.4 Å². The van der Waals surface area contributed by atoms with Crippen molar-refractivity contribution < 1.29 is 18.3 Å². The van der Waals surface area contributed by atoms with Gasteiger partial charge in [0.2, 0.25) is 5.91 Å². The average Bonchev–Trinajstić information content (AvgIpc) is 2.54. The zero-order chi connectivity index (χ0) is 17.9. The first kappa shape index (κ1) is 23.5. The second-order valence-corrected chi connectivity index (χ2v) is 5.29. The summed E-state index contributed by atoms with van der Waals surface area (Å²) in [6.07, 6.45) is 0.288. The summed E-state index contributed by atoms with van der Waals surface area (Å²) in [6.45, 7) is 1.31. The summed E-state index contributed by atoms with van der Waals surface area (Å²) in [5.41, 5.74) is 0.281. The molecule has 0 fully saturated rings. The van der Waals surface area contributed by atoms with E-state index in [9.17, 15) is 13.6 Å². The molecule has 0 saturated heterocycles. The molecule has 0 unspecified atom stereocenters. The number of benzene rings is 1. The fraction of sp³-hybridized carbons (Fsp3) is 0.500. The van der Waals surface area contributed by atoms with Crippen molar-refractivity contribution in [2.24, 2.45) is 4.99 Å². The highest BCUT2D eigenvalue weighted by atomic mass is 127. The number of nitrogens with one attached hydrogen (secondary N) is 2. The highest BCUT2D eigenvalue weighted by Crippen LogP contribution is 2.09. The van der Waals surface area contributed by atoms with E-state index < -0.39 is 11.6 Å². The van der Waals surface area contributed by atoms with Crippen LogP contribution in [0.25, 0.3) is 0 Å². The van der Waals surface area contributed by atoms with E-state index in [1.54, 1.807) is 21.2 Å². The second-order valence-electron chi connectivity index (χ2n) is 5.29. The molecule has 0 heterocycles. The lowest BCUT2D eigenvalue weighted by atomic mass is 10.1. The van der Waals surface area contributed by atoms with E-state index >= 15 is 0 Å². The summed E-state index contributed by atoms with van der Waals surface area (Å²) < 4.78 is 31.7. The molecule has 0 spiro atoms. The van der Waals surface area contributed by atoms with E-state index in [2.05, 4.69) is 15.6 Å². The van der Waals surface area contributed by atoms with Crippen LogP contribution in [-0.4, -0.2) is 64.2 Å². The minimum Gasteiger partial charge on any atom is -0.383 e. The van der Waals surface area contributed by atoms with E-state index in [0.29, 0.717) is 25.7 Å². The third kappa shape index (κ3) is 9.54. The van der Waals surface area contributed by atoms with Crippen LogP contribution >= 0.6 is 24.0 Å². The number of halogens is 3. The number of likely N-dealkylation sites (N-methyl/N-ethyl adjacent to an activating group) is 1. The fourth-order valence-electron chi connectivity index (χ4n) is 1.78. The first-order valence-corrected chi connectivity index (χ1v) is 7.59. The number of aliphatic imine (C=N–C) groups is 1. The Hall–Kier alpha value is -1.49. The van der Waals surface area contributed by atoms with Gasteiger partial charge in [0.1, 0.15) is 18.2 Å². The highest BCUT2D eigenvalue weighted by Gasteiger charge is 2.06. The Morgan fingerprint density at radius 3 is 2.56 bits per heavy atom. The molecule has 0 aromatic heterocycles. The molecule has 0 aliphatic rings. The van der Waals surface area contributed by atoms with Gasteiger partial charge in [-0.05, 0) is 30.2 Å². The topological polar surface area (TPSA) is 66.0 Å².